The van der Waals surface area contributed by atoms with Gasteiger partial charge in [-0.3, -0.25) is 4.99 Å². The minimum absolute atomic E-state index is 0.537. The first kappa shape index (κ1) is 6.59. The molecular weight excluding hydrogens is 112 g/mol. The molecule has 2 heteroatoms. The molecule has 0 amide bonds. The third-order valence-electron chi connectivity index (χ3n) is 1.70. The van der Waals surface area contributed by atoms with Crippen molar-refractivity contribution < 1.29 is 0 Å². The second-order valence-corrected chi connectivity index (χ2v) is 3.02. The predicted molar refractivity (Wildman–Crippen MR) is 39.7 cm³/mol. The molecule has 0 saturated carbocycles. The Bertz CT molecular complexity index is 118. The number of hydrogen-bond donors (Lipinski definition) is 0. The normalized spacial score (nSPS) is 26.2. The molecule has 1 aliphatic rings. The molecule has 1 aliphatic heterocycles. The lowest BCUT2D eigenvalue weighted by Gasteiger charge is -2.12. The Kier molecular flexibility index (Phi) is 1.74. The summed E-state index contributed by atoms with van der Waals surface area (Å²) in [6, 6.07) is 0.537. The van der Waals surface area contributed by atoms with Gasteiger partial charge in [0, 0.05) is 13.6 Å². The van der Waals surface area contributed by atoms with E-state index in [-0.39, 0.29) is 0 Å². The largest absolute Gasteiger partial charge is 0.364 e. The van der Waals surface area contributed by atoms with Gasteiger partial charge < -0.3 is 4.90 Å². The Hall–Kier alpha value is -0.530. The van der Waals surface area contributed by atoms with Crippen LogP contribution in [0.1, 0.15) is 13.8 Å². The monoisotopic (exact) mass is 126 g/mol. The zero-order chi connectivity index (χ0) is 6.85. The number of nitrogens with zero attached hydrogens (tertiary/aromatic N) is 2. The number of rotatable bonds is 1. The van der Waals surface area contributed by atoms with Gasteiger partial charge in [-0.15, -0.1) is 0 Å². The summed E-state index contributed by atoms with van der Waals surface area (Å²) < 4.78 is 0. The van der Waals surface area contributed by atoms with Crippen molar-refractivity contribution in [3.63, 3.8) is 0 Å². The summed E-state index contributed by atoms with van der Waals surface area (Å²) in [5, 5.41) is 0. The van der Waals surface area contributed by atoms with Crippen molar-refractivity contribution >= 4 is 6.34 Å². The van der Waals surface area contributed by atoms with Crippen LogP contribution in [0.5, 0.6) is 0 Å². The SMILES string of the molecule is CC(C)C1CN(C)C=N1. The maximum absolute atomic E-state index is 4.32. The fourth-order valence-electron chi connectivity index (χ4n) is 0.972. The zero-order valence-electron chi connectivity index (χ0n) is 6.33. The van der Waals surface area contributed by atoms with Crippen LogP contribution in [-0.4, -0.2) is 30.9 Å². The first-order valence-electron chi connectivity index (χ1n) is 3.43. The highest BCUT2D eigenvalue weighted by Gasteiger charge is 2.16. The molecule has 0 aromatic rings. The van der Waals surface area contributed by atoms with Gasteiger partial charge >= 0.3 is 0 Å². The Balaban J connectivity index is 2.41. The van der Waals surface area contributed by atoms with E-state index >= 15 is 0 Å². The van der Waals surface area contributed by atoms with E-state index in [9.17, 15) is 0 Å². The highest BCUT2D eigenvalue weighted by atomic mass is 15.2. The molecule has 0 bridgehead atoms. The van der Waals surface area contributed by atoms with E-state index in [0.717, 1.165) is 6.54 Å². The van der Waals surface area contributed by atoms with Crippen molar-refractivity contribution in [1.82, 2.24) is 4.90 Å². The van der Waals surface area contributed by atoms with Gasteiger partial charge in [-0.1, -0.05) is 13.8 Å². The number of hydrogen-bond acceptors (Lipinski definition) is 2. The summed E-state index contributed by atoms with van der Waals surface area (Å²) in [4.78, 5) is 6.45. The van der Waals surface area contributed by atoms with Crippen molar-refractivity contribution in [2.75, 3.05) is 13.6 Å². The Labute approximate surface area is 56.6 Å². The lowest BCUT2D eigenvalue weighted by atomic mass is 10.1. The van der Waals surface area contributed by atoms with Crippen molar-refractivity contribution in [3.8, 4) is 0 Å². The predicted octanol–water partition coefficient (Wildman–Crippen LogP) is 0.985. The molecule has 0 aromatic carbocycles. The molecular formula is C7H14N2. The zero-order valence-corrected chi connectivity index (χ0v) is 6.33. The molecule has 1 heterocycles. The Morgan fingerprint density at radius 1 is 1.67 bits per heavy atom. The second kappa shape index (κ2) is 2.38. The van der Waals surface area contributed by atoms with Crippen LogP contribution in [0.25, 0.3) is 0 Å². The Morgan fingerprint density at radius 3 is 2.56 bits per heavy atom. The fraction of sp³-hybridized carbons (Fsp3) is 0.857. The maximum Gasteiger partial charge on any atom is 0.0852 e. The van der Waals surface area contributed by atoms with Crippen LogP contribution in [0.3, 0.4) is 0 Å². The van der Waals surface area contributed by atoms with Crippen molar-refractivity contribution in [2.45, 2.75) is 19.9 Å². The average Bonchev–Trinajstić information content (AvgIpc) is 2.14. The standard InChI is InChI=1S/C7H14N2/c1-6(2)7-4-9(3)5-8-7/h5-7H,4H2,1-3H3. The summed E-state index contributed by atoms with van der Waals surface area (Å²) in [7, 11) is 2.06. The summed E-state index contributed by atoms with van der Waals surface area (Å²) >= 11 is 0. The van der Waals surface area contributed by atoms with Gasteiger partial charge in [0.05, 0.1) is 12.4 Å². The van der Waals surface area contributed by atoms with Crippen LogP contribution in [0.15, 0.2) is 4.99 Å². The lowest BCUT2D eigenvalue weighted by Crippen LogP contribution is -2.22. The molecule has 0 N–H and O–H groups in total. The van der Waals surface area contributed by atoms with Crippen LogP contribution in [0, 0.1) is 5.92 Å². The maximum atomic E-state index is 4.32. The van der Waals surface area contributed by atoms with Crippen LogP contribution in [-0.2, 0) is 0 Å². The molecule has 0 aliphatic carbocycles. The molecule has 1 atom stereocenters. The second-order valence-electron chi connectivity index (χ2n) is 3.02. The molecule has 1 rings (SSSR count). The van der Waals surface area contributed by atoms with Gasteiger partial charge in [0.15, 0.2) is 0 Å². The highest BCUT2D eigenvalue weighted by Crippen LogP contribution is 2.10. The van der Waals surface area contributed by atoms with Crippen LogP contribution in [0.4, 0.5) is 0 Å². The molecule has 9 heavy (non-hydrogen) atoms. The summed E-state index contributed by atoms with van der Waals surface area (Å²) in [6.07, 6.45) is 1.92. The van der Waals surface area contributed by atoms with Gasteiger partial charge in [-0.2, -0.15) is 0 Å². The number of likely N-dealkylation sites (N-methyl/N-ethyl adjacent to an activating group) is 1. The van der Waals surface area contributed by atoms with E-state index in [0.29, 0.717) is 12.0 Å². The highest BCUT2D eigenvalue weighted by molar-refractivity contribution is 5.57. The molecule has 2 nitrogen and oxygen atoms in total. The van der Waals surface area contributed by atoms with Crippen LogP contribution < -0.4 is 0 Å². The smallest absolute Gasteiger partial charge is 0.0852 e. The molecule has 0 spiro atoms. The summed E-state index contributed by atoms with van der Waals surface area (Å²) in [5.74, 6) is 0.686. The fourth-order valence-corrected chi connectivity index (χ4v) is 0.972. The summed E-state index contributed by atoms with van der Waals surface area (Å²) in [5.41, 5.74) is 0. The third-order valence-corrected chi connectivity index (χ3v) is 1.70. The molecule has 1 unspecified atom stereocenters. The first-order chi connectivity index (χ1) is 4.20. The van der Waals surface area contributed by atoms with Gasteiger partial charge in [0.25, 0.3) is 0 Å². The summed E-state index contributed by atoms with van der Waals surface area (Å²) in [6.45, 7) is 5.51. The first-order valence-corrected chi connectivity index (χ1v) is 3.43. The molecule has 0 aromatic heterocycles. The van der Waals surface area contributed by atoms with Crippen molar-refractivity contribution in [2.24, 2.45) is 10.9 Å². The van der Waals surface area contributed by atoms with Gasteiger partial charge in [-0.05, 0) is 5.92 Å². The van der Waals surface area contributed by atoms with Crippen molar-refractivity contribution in [1.29, 1.82) is 0 Å². The molecule has 52 valence electrons. The van der Waals surface area contributed by atoms with Crippen molar-refractivity contribution in [3.05, 3.63) is 0 Å². The lowest BCUT2D eigenvalue weighted by molar-refractivity contribution is 0.430. The third kappa shape index (κ3) is 1.44. The molecule has 0 saturated heterocycles. The molecule has 0 radical (unpaired) electrons. The van der Waals surface area contributed by atoms with Gasteiger partial charge in [-0.25, -0.2) is 0 Å². The van der Waals surface area contributed by atoms with E-state index < -0.39 is 0 Å². The van der Waals surface area contributed by atoms with Gasteiger partial charge in [0.1, 0.15) is 0 Å². The molecule has 0 fully saturated rings. The topological polar surface area (TPSA) is 15.6 Å². The van der Waals surface area contributed by atoms with E-state index in [1.165, 1.54) is 0 Å². The minimum Gasteiger partial charge on any atom is -0.364 e. The van der Waals surface area contributed by atoms with E-state index in [1.807, 2.05) is 6.34 Å². The van der Waals surface area contributed by atoms with Gasteiger partial charge in [0.2, 0.25) is 0 Å². The van der Waals surface area contributed by atoms with E-state index in [4.69, 9.17) is 0 Å². The van der Waals surface area contributed by atoms with Crippen LogP contribution in [0.2, 0.25) is 0 Å². The van der Waals surface area contributed by atoms with E-state index in [2.05, 4.69) is 30.8 Å². The number of aliphatic imine (C=N–C) groups is 1. The quantitative estimate of drug-likeness (QED) is 0.511. The van der Waals surface area contributed by atoms with E-state index in [1.54, 1.807) is 0 Å². The minimum atomic E-state index is 0.537. The average molecular weight is 126 g/mol. The van der Waals surface area contributed by atoms with Crippen LogP contribution >= 0.6 is 0 Å². The Morgan fingerprint density at radius 2 is 2.33 bits per heavy atom.